The van der Waals surface area contributed by atoms with Crippen LogP contribution in [0.25, 0.3) is 16.5 Å². The fourth-order valence-corrected chi connectivity index (χ4v) is 5.23. The number of thiophene rings is 1. The molecule has 1 unspecified atom stereocenters. The van der Waals surface area contributed by atoms with Gasteiger partial charge in [0.15, 0.2) is 0 Å². The average molecular weight is 504 g/mol. The highest BCUT2D eigenvalue weighted by atomic mass is 79.9. The maximum atomic E-state index is 13.4. The molecule has 2 heterocycles. The third kappa shape index (κ3) is 3.27. The monoisotopic (exact) mass is 503 g/mol. The van der Waals surface area contributed by atoms with Crippen LogP contribution in [0.4, 0.5) is 5.69 Å². The molecule has 32 heavy (non-hydrogen) atoms. The van der Waals surface area contributed by atoms with E-state index in [4.69, 9.17) is 0 Å². The van der Waals surface area contributed by atoms with Gasteiger partial charge in [0.05, 0.1) is 11.3 Å². The summed E-state index contributed by atoms with van der Waals surface area (Å²) in [4.78, 5) is 29.0. The molecular formula is C26H18BrNO3S. The number of aliphatic hydroxyl groups excluding tert-OH is 1. The number of benzene rings is 3. The molecule has 0 aliphatic carbocycles. The van der Waals surface area contributed by atoms with Gasteiger partial charge in [-0.25, -0.2) is 0 Å². The van der Waals surface area contributed by atoms with E-state index in [1.54, 1.807) is 12.1 Å². The molecule has 1 fully saturated rings. The summed E-state index contributed by atoms with van der Waals surface area (Å²) < 4.78 is 0.903. The third-order valence-electron chi connectivity index (χ3n) is 5.71. The highest BCUT2D eigenvalue weighted by Crippen LogP contribution is 2.45. The Bertz CT molecular complexity index is 1400. The van der Waals surface area contributed by atoms with Crippen LogP contribution in [0.15, 0.2) is 88.2 Å². The van der Waals surface area contributed by atoms with E-state index < -0.39 is 17.7 Å². The van der Waals surface area contributed by atoms with Crippen LogP contribution in [-0.4, -0.2) is 16.8 Å². The molecule has 1 amide bonds. The molecule has 1 aliphatic heterocycles. The summed E-state index contributed by atoms with van der Waals surface area (Å²) in [5, 5.41) is 15.0. The highest BCUT2D eigenvalue weighted by molar-refractivity contribution is 9.10. The fraction of sp³-hybridized carbons (Fsp3) is 0.0769. The summed E-state index contributed by atoms with van der Waals surface area (Å²) in [6, 6.07) is 21.9. The first-order valence-corrected chi connectivity index (χ1v) is 11.7. The molecule has 5 rings (SSSR count). The maximum Gasteiger partial charge on any atom is 0.300 e. The van der Waals surface area contributed by atoms with Crippen molar-refractivity contribution in [2.24, 2.45) is 0 Å². The van der Waals surface area contributed by atoms with E-state index in [0.29, 0.717) is 11.3 Å². The summed E-state index contributed by atoms with van der Waals surface area (Å²) in [6.07, 6.45) is 0. The lowest BCUT2D eigenvalue weighted by molar-refractivity contribution is -0.132. The molecule has 4 aromatic rings. The fourth-order valence-electron chi connectivity index (χ4n) is 4.16. The molecule has 1 atom stereocenters. The van der Waals surface area contributed by atoms with Crippen LogP contribution in [0.3, 0.4) is 0 Å². The Labute approximate surface area is 197 Å². The topological polar surface area (TPSA) is 57.6 Å². The van der Waals surface area contributed by atoms with Gasteiger partial charge in [-0.15, -0.1) is 11.3 Å². The van der Waals surface area contributed by atoms with Crippen molar-refractivity contribution in [2.75, 3.05) is 4.90 Å². The SMILES string of the molecule is Cc1cc(/C(O)=C2/C(=O)C(=O)N(c3cccc4ccccc34)C2c2cccs2)ccc1Br. The zero-order valence-electron chi connectivity index (χ0n) is 17.1. The maximum absolute atomic E-state index is 13.4. The molecule has 4 nitrogen and oxygen atoms in total. The zero-order chi connectivity index (χ0) is 22.4. The van der Waals surface area contributed by atoms with Crippen LogP contribution < -0.4 is 4.90 Å². The van der Waals surface area contributed by atoms with Crippen molar-refractivity contribution in [3.63, 3.8) is 0 Å². The summed E-state index contributed by atoms with van der Waals surface area (Å²) in [6.45, 7) is 1.91. The van der Waals surface area contributed by atoms with Crippen LogP contribution in [0.1, 0.15) is 22.0 Å². The smallest absolute Gasteiger partial charge is 0.300 e. The Morgan fingerprint density at radius 3 is 2.53 bits per heavy atom. The number of anilines is 1. The molecule has 1 N–H and O–H groups in total. The van der Waals surface area contributed by atoms with Gasteiger partial charge in [-0.2, -0.15) is 0 Å². The van der Waals surface area contributed by atoms with Gasteiger partial charge in [-0.3, -0.25) is 14.5 Å². The second-order valence-corrected chi connectivity index (χ2v) is 9.48. The Kier molecular flexibility index (Phi) is 5.19. The van der Waals surface area contributed by atoms with Gasteiger partial charge in [-0.1, -0.05) is 64.5 Å². The van der Waals surface area contributed by atoms with Gasteiger partial charge < -0.3 is 5.11 Å². The van der Waals surface area contributed by atoms with Crippen molar-refractivity contribution in [3.05, 3.63) is 104 Å². The van der Waals surface area contributed by atoms with Crippen LogP contribution in [0.2, 0.25) is 0 Å². The molecular weight excluding hydrogens is 486 g/mol. The van der Waals surface area contributed by atoms with Crippen LogP contribution in [-0.2, 0) is 9.59 Å². The number of ketones is 1. The van der Waals surface area contributed by atoms with Crippen molar-refractivity contribution in [1.29, 1.82) is 0 Å². The van der Waals surface area contributed by atoms with Gasteiger partial charge in [0, 0.05) is 20.3 Å². The van der Waals surface area contributed by atoms with Crippen molar-refractivity contribution in [2.45, 2.75) is 13.0 Å². The molecule has 0 bridgehead atoms. The molecule has 1 saturated heterocycles. The van der Waals surface area contributed by atoms with Crippen molar-refractivity contribution >= 4 is 61.2 Å². The van der Waals surface area contributed by atoms with Crippen molar-refractivity contribution in [1.82, 2.24) is 0 Å². The van der Waals surface area contributed by atoms with E-state index in [9.17, 15) is 14.7 Å². The van der Waals surface area contributed by atoms with Crippen molar-refractivity contribution in [3.8, 4) is 0 Å². The van der Waals surface area contributed by atoms with E-state index in [-0.39, 0.29) is 11.3 Å². The first-order valence-electron chi connectivity index (χ1n) is 10.1. The molecule has 0 radical (unpaired) electrons. The van der Waals surface area contributed by atoms with Gasteiger partial charge in [0.25, 0.3) is 11.7 Å². The van der Waals surface area contributed by atoms with E-state index in [1.165, 1.54) is 16.2 Å². The number of fused-ring (bicyclic) bond motifs is 1. The first kappa shape index (κ1) is 20.7. The van der Waals surface area contributed by atoms with Gasteiger partial charge in [-0.05, 0) is 47.5 Å². The van der Waals surface area contributed by atoms with Crippen LogP contribution in [0, 0.1) is 6.92 Å². The molecule has 6 heteroatoms. The molecule has 1 aromatic heterocycles. The quantitative estimate of drug-likeness (QED) is 0.194. The average Bonchev–Trinajstić information content (AvgIpc) is 3.42. The third-order valence-corrected chi connectivity index (χ3v) is 7.53. The molecule has 0 spiro atoms. The van der Waals surface area contributed by atoms with Gasteiger partial charge in [0.1, 0.15) is 11.8 Å². The number of aryl methyl sites for hydroxylation is 1. The second-order valence-electron chi connectivity index (χ2n) is 7.65. The highest BCUT2D eigenvalue weighted by Gasteiger charge is 2.47. The molecule has 1 aliphatic rings. The summed E-state index contributed by atoms with van der Waals surface area (Å²) >= 11 is 4.92. The first-order chi connectivity index (χ1) is 15.5. The summed E-state index contributed by atoms with van der Waals surface area (Å²) in [7, 11) is 0. The number of hydrogen-bond donors (Lipinski definition) is 1. The summed E-state index contributed by atoms with van der Waals surface area (Å²) in [5.41, 5.74) is 2.18. The van der Waals surface area contributed by atoms with Gasteiger partial charge in [0.2, 0.25) is 0 Å². The van der Waals surface area contributed by atoms with E-state index in [2.05, 4.69) is 15.9 Å². The normalized spacial score (nSPS) is 17.9. The second kappa shape index (κ2) is 8.04. The molecule has 3 aromatic carbocycles. The lowest BCUT2D eigenvalue weighted by atomic mass is 9.98. The number of nitrogens with zero attached hydrogens (tertiary/aromatic N) is 1. The number of hydrogen-bond acceptors (Lipinski definition) is 4. The zero-order valence-corrected chi connectivity index (χ0v) is 19.5. The number of aliphatic hydroxyl groups is 1. The van der Waals surface area contributed by atoms with E-state index >= 15 is 0 Å². The largest absolute Gasteiger partial charge is 0.507 e. The molecule has 0 saturated carbocycles. The van der Waals surface area contributed by atoms with E-state index in [1.807, 2.05) is 73.0 Å². The van der Waals surface area contributed by atoms with Crippen LogP contribution in [0.5, 0.6) is 0 Å². The number of Topliss-reactive ketones (excluding diaryl/α,β-unsaturated/α-hetero) is 1. The lowest BCUT2D eigenvalue weighted by Crippen LogP contribution is -2.29. The number of carbonyl (C=O) groups is 2. The predicted octanol–water partition coefficient (Wildman–Crippen LogP) is 6.60. The minimum Gasteiger partial charge on any atom is -0.507 e. The Hall–Kier alpha value is -3.22. The van der Waals surface area contributed by atoms with Gasteiger partial charge >= 0.3 is 0 Å². The number of carbonyl (C=O) groups excluding carboxylic acids is 2. The van der Waals surface area contributed by atoms with Crippen LogP contribution >= 0.6 is 27.3 Å². The van der Waals surface area contributed by atoms with E-state index in [0.717, 1.165) is 25.7 Å². The standard InChI is InChI=1S/C26H18BrNO3S/c1-15-14-17(11-12-19(15)27)24(29)22-23(21-10-5-13-32-21)28(26(31)25(22)30)20-9-4-7-16-6-2-3-8-18(16)20/h2-14,23,29H,1H3/b24-22-. The molecule has 158 valence electrons. The number of amides is 1. The number of halogens is 1. The Balaban J connectivity index is 1.76. The lowest BCUT2D eigenvalue weighted by Gasteiger charge is -2.25. The van der Waals surface area contributed by atoms with Crippen molar-refractivity contribution < 1.29 is 14.7 Å². The minimum atomic E-state index is -0.704. The predicted molar refractivity (Wildman–Crippen MR) is 132 cm³/mol. The number of rotatable bonds is 3. The minimum absolute atomic E-state index is 0.104. The Morgan fingerprint density at radius 1 is 1.00 bits per heavy atom. The summed E-state index contributed by atoms with van der Waals surface area (Å²) in [5.74, 6) is -1.50. The Morgan fingerprint density at radius 2 is 1.78 bits per heavy atom.